The first-order valence-corrected chi connectivity index (χ1v) is 10.4. The Morgan fingerprint density at radius 2 is 2.34 bits per heavy atom. The molecule has 0 spiro atoms. The highest BCUT2D eigenvalue weighted by molar-refractivity contribution is 7.05. The molecule has 1 aliphatic rings. The zero-order valence-electron chi connectivity index (χ0n) is 16.0. The number of carbonyl (C=O) groups excluding carboxylic acids is 1. The summed E-state index contributed by atoms with van der Waals surface area (Å²) in [4.78, 5) is 23.8. The van der Waals surface area contributed by atoms with Gasteiger partial charge in [0.05, 0.1) is 38.0 Å². The number of ether oxygens (including phenoxy) is 2. The Balaban J connectivity index is 1.32. The number of rotatable bonds is 11. The van der Waals surface area contributed by atoms with Gasteiger partial charge >= 0.3 is 5.97 Å². The van der Waals surface area contributed by atoms with Crippen molar-refractivity contribution in [3.8, 4) is 0 Å². The highest BCUT2D eigenvalue weighted by Gasteiger charge is 2.26. The molecule has 2 atom stereocenters. The molecule has 29 heavy (non-hydrogen) atoms. The Bertz CT molecular complexity index is 781. The molecule has 1 fully saturated rings. The fourth-order valence-electron chi connectivity index (χ4n) is 3.12. The summed E-state index contributed by atoms with van der Waals surface area (Å²) < 4.78 is 16.8. The molecule has 0 saturated carbocycles. The summed E-state index contributed by atoms with van der Waals surface area (Å²) >= 11 is 1.43. The lowest BCUT2D eigenvalue weighted by Gasteiger charge is -2.28. The van der Waals surface area contributed by atoms with Gasteiger partial charge < -0.3 is 19.9 Å². The van der Waals surface area contributed by atoms with Crippen LogP contribution in [0.2, 0.25) is 0 Å². The fraction of sp³-hybridized carbons (Fsp3) is 0.611. The minimum absolute atomic E-state index is 0.00650. The van der Waals surface area contributed by atoms with E-state index >= 15 is 0 Å². The van der Waals surface area contributed by atoms with Crippen LogP contribution in [0.4, 0.5) is 0 Å². The largest absolute Gasteiger partial charge is 0.481 e. The lowest BCUT2D eigenvalue weighted by Crippen LogP contribution is -2.29. The molecule has 10 nitrogen and oxygen atoms in total. The second-order valence-corrected chi connectivity index (χ2v) is 7.76. The Labute approximate surface area is 172 Å². The summed E-state index contributed by atoms with van der Waals surface area (Å²) in [6.45, 7) is 1.67. The number of hydrogen-bond acceptors (Lipinski definition) is 8. The number of aliphatic carboxylic acids is 1. The molecule has 1 saturated heterocycles. The fourth-order valence-corrected chi connectivity index (χ4v) is 3.69. The molecule has 2 aromatic heterocycles. The second kappa shape index (κ2) is 11.0. The number of carbonyl (C=O) groups is 2. The summed E-state index contributed by atoms with van der Waals surface area (Å²) in [7, 11) is 0. The van der Waals surface area contributed by atoms with Crippen LogP contribution in [0.25, 0.3) is 0 Å². The van der Waals surface area contributed by atoms with Crippen molar-refractivity contribution < 1.29 is 24.2 Å². The summed E-state index contributed by atoms with van der Waals surface area (Å²) in [5.41, 5.74) is 0.678. The summed E-state index contributed by atoms with van der Waals surface area (Å²) in [5.74, 6) is -0.916. The van der Waals surface area contributed by atoms with Crippen LogP contribution in [0.3, 0.4) is 0 Å². The number of hydrogen-bond donors (Lipinski definition) is 2. The van der Waals surface area contributed by atoms with Gasteiger partial charge in [-0.1, -0.05) is 5.21 Å². The van der Waals surface area contributed by atoms with Gasteiger partial charge in [-0.25, -0.2) is 9.06 Å². The number of nitrogens with one attached hydrogen (secondary N) is 1. The first-order chi connectivity index (χ1) is 14.1. The van der Waals surface area contributed by atoms with E-state index in [9.17, 15) is 9.59 Å². The maximum atomic E-state index is 11.8. The van der Waals surface area contributed by atoms with Gasteiger partial charge in [0.15, 0.2) is 0 Å². The van der Waals surface area contributed by atoms with E-state index < -0.39 is 5.97 Å². The molecular weight excluding hydrogens is 398 g/mol. The molecule has 0 radical (unpaired) electrons. The number of amides is 1. The number of nitrogens with zero attached hydrogens (tertiary/aromatic N) is 4. The van der Waals surface area contributed by atoms with Crippen LogP contribution in [0.15, 0.2) is 18.5 Å². The van der Waals surface area contributed by atoms with E-state index in [4.69, 9.17) is 14.6 Å². The molecule has 0 aliphatic carbocycles. The van der Waals surface area contributed by atoms with Gasteiger partial charge in [0.25, 0.3) is 0 Å². The van der Waals surface area contributed by atoms with Crippen molar-refractivity contribution in [2.24, 2.45) is 0 Å². The molecule has 11 heteroatoms. The van der Waals surface area contributed by atoms with Gasteiger partial charge in [-0.3, -0.25) is 9.59 Å². The van der Waals surface area contributed by atoms with Gasteiger partial charge in [0, 0.05) is 37.1 Å². The molecule has 158 valence electrons. The Hall–Kier alpha value is -2.37. The number of carboxylic acids is 1. The van der Waals surface area contributed by atoms with Crippen LogP contribution < -0.4 is 5.32 Å². The summed E-state index contributed by atoms with van der Waals surface area (Å²) in [6, 6.07) is 2.01. The van der Waals surface area contributed by atoms with Crippen molar-refractivity contribution in [2.75, 3.05) is 19.8 Å². The normalized spacial score (nSPS) is 19.2. The van der Waals surface area contributed by atoms with Crippen LogP contribution in [-0.4, -0.2) is 62.2 Å². The van der Waals surface area contributed by atoms with Crippen LogP contribution >= 0.6 is 11.5 Å². The minimum Gasteiger partial charge on any atom is -0.481 e. The van der Waals surface area contributed by atoms with E-state index in [0.717, 1.165) is 17.7 Å². The third kappa shape index (κ3) is 7.18. The van der Waals surface area contributed by atoms with Gasteiger partial charge in [-0.2, -0.15) is 0 Å². The Morgan fingerprint density at radius 3 is 3.14 bits per heavy atom. The van der Waals surface area contributed by atoms with Gasteiger partial charge in [0.2, 0.25) is 5.91 Å². The molecule has 2 aromatic rings. The average Bonchev–Trinajstić information content (AvgIpc) is 3.37. The third-order valence-corrected chi connectivity index (χ3v) is 5.38. The molecule has 2 unspecified atom stereocenters. The van der Waals surface area contributed by atoms with Gasteiger partial charge in [-0.15, -0.1) is 5.10 Å². The standard InChI is InChI=1S/C18H25N5O5S/c24-17(19-5-1-16-2-6-20-29-16)4-7-27-12-13-11-23(22-21-13)14-3-8-28-15(9-14)10-18(25)26/h2,6,11,14-15H,1,3-5,7-10,12H2,(H,19,24)(H,25,26). The predicted molar refractivity (Wildman–Crippen MR) is 103 cm³/mol. The average molecular weight is 423 g/mol. The molecule has 3 rings (SSSR count). The van der Waals surface area contributed by atoms with Crippen molar-refractivity contribution in [3.05, 3.63) is 29.0 Å². The van der Waals surface area contributed by atoms with E-state index in [1.54, 1.807) is 10.9 Å². The molecule has 2 N–H and O–H groups in total. The highest BCUT2D eigenvalue weighted by Crippen LogP contribution is 2.26. The van der Waals surface area contributed by atoms with E-state index in [1.165, 1.54) is 11.5 Å². The zero-order chi connectivity index (χ0) is 20.5. The predicted octanol–water partition coefficient (Wildman–Crippen LogP) is 1.19. The Morgan fingerprint density at radius 1 is 1.45 bits per heavy atom. The summed E-state index contributed by atoms with van der Waals surface area (Å²) in [5, 5.41) is 20.0. The highest BCUT2D eigenvalue weighted by atomic mass is 32.1. The van der Waals surface area contributed by atoms with Crippen LogP contribution in [-0.2, 0) is 32.1 Å². The third-order valence-electron chi connectivity index (χ3n) is 4.58. The first-order valence-electron chi connectivity index (χ1n) is 9.58. The number of carboxylic acid groups (broad SMARTS) is 1. The first kappa shape index (κ1) is 21.3. The van der Waals surface area contributed by atoms with Crippen molar-refractivity contribution in [1.29, 1.82) is 0 Å². The topological polar surface area (TPSA) is 128 Å². The minimum atomic E-state index is -0.865. The maximum Gasteiger partial charge on any atom is 0.305 e. The SMILES string of the molecule is O=C(O)CC1CC(n2cc(COCCC(=O)NCCc3ccns3)nn2)CCO1. The van der Waals surface area contributed by atoms with Crippen molar-refractivity contribution in [3.63, 3.8) is 0 Å². The van der Waals surface area contributed by atoms with E-state index in [1.807, 2.05) is 12.3 Å². The van der Waals surface area contributed by atoms with Gasteiger partial charge in [0.1, 0.15) is 5.69 Å². The van der Waals surface area contributed by atoms with Crippen LogP contribution in [0.5, 0.6) is 0 Å². The maximum absolute atomic E-state index is 11.8. The van der Waals surface area contributed by atoms with E-state index in [-0.39, 0.29) is 37.5 Å². The zero-order valence-corrected chi connectivity index (χ0v) is 16.8. The van der Waals surface area contributed by atoms with Crippen LogP contribution in [0.1, 0.15) is 42.3 Å². The smallest absolute Gasteiger partial charge is 0.305 e. The molecule has 1 aliphatic heterocycles. The molecular formula is C18H25N5O5S. The van der Waals surface area contributed by atoms with Crippen molar-refractivity contribution >= 4 is 23.4 Å². The van der Waals surface area contributed by atoms with Crippen LogP contribution in [0, 0.1) is 0 Å². The molecule has 0 aromatic carbocycles. The molecule has 1 amide bonds. The van der Waals surface area contributed by atoms with E-state index in [2.05, 4.69) is 20.0 Å². The lowest BCUT2D eigenvalue weighted by molar-refractivity contribution is -0.141. The molecule has 3 heterocycles. The quantitative estimate of drug-likeness (QED) is 0.516. The van der Waals surface area contributed by atoms with Crippen molar-refractivity contribution in [1.82, 2.24) is 24.7 Å². The summed E-state index contributed by atoms with van der Waals surface area (Å²) in [6.07, 6.45) is 5.68. The van der Waals surface area contributed by atoms with Gasteiger partial charge in [-0.05, 0) is 30.4 Å². The van der Waals surface area contributed by atoms with E-state index in [0.29, 0.717) is 31.9 Å². The van der Waals surface area contributed by atoms with Crippen molar-refractivity contribution in [2.45, 2.75) is 50.9 Å². The number of aromatic nitrogens is 4. The molecule has 0 bridgehead atoms. The Kier molecular flexibility index (Phi) is 8.08. The second-order valence-electron chi connectivity index (χ2n) is 6.84. The monoisotopic (exact) mass is 423 g/mol. The lowest BCUT2D eigenvalue weighted by atomic mass is 10.0.